The second-order valence-electron chi connectivity index (χ2n) is 6.89. The van der Waals surface area contributed by atoms with E-state index in [1.807, 2.05) is 38.1 Å². The Morgan fingerprint density at radius 3 is 2.81 bits per heavy atom. The largest absolute Gasteiger partial charge is 0.376 e. The number of anilines is 1. The molecule has 7 heteroatoms. The molecule has 140 valence electrons. The normalized spacial score (nSPS) is 16.7. The number of benzene rings is 1. The molecular formula is C20H21N3O3S. The molecular weight excluding hydrogens is 362 g/mol. The molecule has 0 spiro atoms. The number of hydrogen-bond donors (Lipinski definition) is 1. The van der Waals surface area contributed by atoms with Gasteiger partial charge in [0, 0.05) is 12.3 Å². The summed E-state index contributed by atoms with van der Waals surface area (Å²) >= 11 is 1.25. The highest BCUT2D eigenvalue weighted by molar-refractivity contribution is 7.20. The zero-order chi connectivity index (χ0) is 19.0. The molecule has 1 atom stereocenters. The maximum Gasteiger partial charge on any atom is 0.266 e. The number of rotatable bonds is 4. The summed E-state index contributed by atoms with van der Waals surface area (Å²) in [5.41, 5.74) is 2.42. The van der Waals surface area contributed by atoms with Crippen molar-refractivity contribution in [2.75, 3.05) is 11.9 Å². The van der Waals surface area contributed by atoms with E-state index in [4.69, 9.17) is 4.74 Å². The molecule has 0 bridgehead atoms. The van der Waals surface area contributed by atoms with Crippen LogP contribution in [-0.4, -0.2) is 28.2 Å². The number of hydrogen-bond acceptors (Lipinski definition) is 5. The summed E-state index contributed by atoms with van der Waals surface area (Å²) in [4.78, 5) is 31.1. The van der Waals surface area contributed by atoms with Crippen LogP contribution in [0.1, 0.15) is 33.6 Å². The number of aromatic nitrogens is 2. The van der Waals surface area contributed by atoms with Gasteiger partial charge in [-0.15, -0.1) is 11.3 Å². The number of amides is 1. The van der Waals surface area contributed by atoms with Gasteiger partial charge in [-0.05, 0) is 44.4 Å². The SMILES string of the molecule is Cc1ccc(NC(=O)c2sc3ncn(C[C@@H]4CCCO4)c(=O)c3c2C)cc1. The monoisotopic (exact) mass is 383 g/mol. The zero-order valence-corrected chi connectivity index (χ0v) is 16.1. The second kappa shape index (κ2) is 7.25. The van der Waals surface area contributed by atoms with Gasteiger partial charge in [-0.2, -0.15) is 0 Å². The van der Waals surface area contributed by atoms with Crippen LogP contribution in [0.5, 0.6) is 0 Å². The van der Waals surface area contributed by atoms with Crippen molar-refractivity contribution in [1.82, 2.24) is 9.55 Å². The van der Waals surface area contributed by atoms with Crippen LogP contribution in [0.4, 0.5) is 5.69 Å². The first-order chi connectivity index (χ1) is 13.0. The van der Waals surface area contributed by atoms with Crippen molar-refractivity contribution >= 4 is 33.1 Å². The third-order valence-electron chi connectivity index (χ3n) is 4.86. The summed E-state index contributed by atoms with van der Waals surface area (Å²) in [6, 6.07) is 7.61. The maximum atomic E-state index is 12.9. The van der Waals surface area contributed by atoms with Gasteiger partial charge >= 0.3 is 0 Å². The smallest absolute Gasteiger partial charge is 0.266 e. The van der Waals surface area contributed by atoms with E-state index in [2.05, 4.69) is 10.3 Å². The third kappa shape index (κ3) is 3.52. The summed E-state index contributed by atoms with van der Waals surface area (Å²) < 4.78 is 7.22. The first kappa shape index (κ1) is 17.9. The summed E-state index contributed by atoms with van der Waals surface area (Å²) in [6.45, 7) is 5.05. The fraction of sp³-hybridized carbons (Fsp3) is 0.350. The van der Waals surface area contributed by atoms with Gasteiger partial charge in [0.25, 0.3) is 11.5 Å². The lowest BCUT2D eigenvalue weighted by Crippen LogP contribution is -2.26. The third-order valence-corrected chi connectivity index (χ3v) is 6.06. The van der Waals surface area contributed by atoms with Gasteiger partial charge < -0.3 is 10.1 Å². The van der Waals surface area contributed by atoms with Crippen molar-refractivity contribution in [1.29, 1.82) is 0 Å². The molecule has 0 radical (unpaired) electrons. The average Bonchev–Trinajstić information content (AvgIpc) is 3.27. The Labute approximate surface area is 160 Å². The topological polar surface area (TPSA) is 73.2 Å². The molecule has 0 saturated carbocycles. The molecule has 4 rings (SSSR count). The van der Waals surface area contributed by atoms with Crippen molar-refractivity contribution in [2.45, 2.75) is 39.3 Å². The number of nitrogens with one attached hydrogen (secondary N) is 1. The standard InChI is InChI=1S/C20H21N3O3S/c1-12-5-7-14(8-6-12)22-18(24)17-13(2)16-19(27-17)21-11-23(20(16)25)10-15-4-3-9-26-15/h5-8,11,15H,3-4,9-10H2,1-2H3,(H,22,24)/t15-/m0/s1. The van der Waals surface area contributed by atoms with Crippen LogP contribution in [0, 0.1) is 13.8 Å². The molecule has 6 nitrogen and oxygen atoms in total. The molecule has 2 aromatic heterocycles. The van der Waals surface area contributed by atoms with E-state index < -0.39 is 0 Å². The Hall–Kier alpha value is -2.51. The quantitative estimate of drug-likeness (QED) is 0.748. The van der Waals surface area contributed by atoms with Crippen LogP contribution in [0.2, 0.25) is 0 Å². The Balaban J connectivity index is 1.64. The van der Waals surface area contributed by atoms with E-state index in [-0.39, 0.29) is 17.6 Å². The molecule has 0 unspecified atom stereocenters. The van der Waals surface area contributed by atoms with Crippen molar-refractivity contribution in [3.63, 3.8) is 0 Å². The Morgan fingerprint density at radius 1 is 1.33 bits per heavy atom. The lowest BCUT2D eigenvalue weighted by Gasteiger charge is -2.11. The predicted octanol–water partition coefficient (Wildman–Crippen LogP) is 3.51. The lowest BCUT2D eigenvalue weighted by atomic mass is 10.2. The minimum atomic E-state index is -0.218. The summed E-state index contributed by atoms with van der Waals surface area (Å²) in [6.07, 6.45) is 3.60. The summed E-state index contributed by atoms with van der Waals surface area (Å²) in [7, 11) is 0. The van der Waals surface area contributed by atoms with Crippen LogP contribution in [-0.2, 0) is 11.3 Å². The van der Waals surface area contributed by atoms with E-state index in [0.29, 0.717) is 27.2 Å². The minimum absolute atomic E-state index is 0.0604. The average molecular weight is 383 g/mol. The van der Waals surface area contributed by atoms with E-state index >= 15 is 0 Å². The van der Waals surface area contributed by atoms with Gasteiger partial charge in [-0.25, -0.2) is 4.98 Å². The number of ether oxygens (including phenoxy) is 1. The fourth-order valence-electron chi connectivity index (χ4n) is 3.34. The highest BCUT2D eigenvalue weighted by atomic mass is 32.1. The maximum absolute atomic E-state index is 12.9. The van der Waals surface area contributed by atoms with Crippen molar-refractivity contribution in [2.24, 2.45) is 0 Å². The number of carbonyl (C=O) groups is 1. The van der Waals surface area contributed by atoms with Gasteiger partial charge in [0.05, 0.1) is 29.2 Å². The molecule has 0 aliphatic carbocycles. The van der Waals surface area contributed by atoms with Gasteiger partial charge in [0.15, 0.2) is 0 Å². The molecule has 1 aliphatic heterocycles. The molecule has 1 aromatic carbocycles. The van der Waals surface area contributed by atoms with Crippen molar-refractivity contribution in [3.8, 4) is 0 Å². The van der Waals surface area contributed by atoms with E-state index in [0.717, 1.165) is 30.7 Å². The Bertz CT molecular complexity index is 1050. The minimum Gasteiger partial charge on any atom is -0.376 e. The van der Waals surface area contributed by atoms with Crippen LogP contribution in [0.25, 0.3) is 10.2 Å². The first-order valence-electron chi connectivity index (χ1n) is 9.01. The number of fused-ring (bicyclic) bond motifs is 1. The van der Waals surface area contributed by atoms with Crippen LogP contribution >= 0.6 is 11.3 Å². The Morgan fingerprint density at radius 2 is 2.11 bits per heavy atom. The zero-order valence-electron chi connectivity index (χ0n) is 15.3. The molecule has 3 aromatic rings. The molecule has 1 amide bonds. The number of aryl methyl sites for hydroxylation is 2. The highest BCUT2D eigenvalue weighted by Gasteiger charge is 2.21. The molecule has 3 heterocycles. The Kier molecular flexibility index (Phi) is 4.80. The molecule has 1 saturated heterocycles. The lowest BCUT2D eigenvalue weighted by molar-refractivity contribution is 0.0960. The number of nitrogens with zero attached hydrogens (tertiary/aromatic N) is 2. The summed E-state index contributed by atoms with van der Waals surface area (Å²) in [5, 5.41) is 3.42. The van der Waals surface area contributed by atoms with Crippen LogP contribution in [0.15, 0.2) is 35.4 Å². The van der Waals surface area contributed by atoms with Crippen LogP contribution in [0.3, 0.4) is 0 Å². The van der Waals surface area contributed by atoms with Crippen LogP contribution < -0.4 is 10.9 Å². The van der Waals surface area contributed by atoms with E-state index in [9.17, 15) is 9.59 Å². The fourth-order valence-corrected chi connectivity index (χ4v) is 4.37. The van der Waals surface area contributed by atoms with Crippen molar-refractivity contribution in [3.05, 3.63) is 57.0 Å². The molecule has 27 heavy (non-hydrogen) atoms. The van der Waals surface area contributed by atoms with E-state index in [1.54, 1.807) is 10.9 Å². The molecule has 1 fully saturated rings. The van der Waals surface area contributed by atoms with E-state index in [1.165, 1.54) is 11.3 Å². The summed E-state index contributed by atoms with van der Waals surface area (Å²) in [5.74, 6) is -0.218. The predicted molar refractivity (Wildman–Crippen MR) is 107 cm³/mol. The second-order valence-corrected chi connectivity index (χ2v) is 7.89. The molecule has 1 aliphatic rings. The molecule has 1 N–H and O–H groups in total. The van der Waals surface area contributed by atoms with Gasteiger partial charge in [-0.1, -0.05) is 17.7 Å². The highest BCUT2D eigenvalue weighted by Crippen LogP contribution is 2.28. The van der Waals surface area contributed by atoms with Crippen molar-refractivity contribution < 1.29 is 9.53 Å². The number of carbonyl (C=O) groups excluding carboxylic acids is 1. The van der Waals surface area contributed by atoms with Gasteiger partial charge in [0.2, 0.25) is 0 Å². The van der Waals surface area contributed by atoms with Gasteiger partial charge in [-0.3, -0.25) is 14.2 Å². The number of thiophene rings is 1. The first-order valence-corrected chi connectivity index (χ1v) is 9.83. The van der Waals surface area contributed by atoms with Gasteiger partial charge in [0.1, 0.15) is 4.83 Å².